The van der Waals surface area contributed by atoms with Gasteiger partial charge in [-0.15, -0.1) is 0 Å². The van der Waals surface area contributed by atoms with Crippen LogP contribution in [0.4, 0.5) is 0 Å². The van der Waals surface area contributed by atoms with E-state index in [0.29, 0.717) is 22.3 Å². The Labute approximate surface area is 202 Å². The highest BCUT2D eigenvalue weighted by molar-refractivity contribution is 7.99. The molecule has 0 saturated carbocycles. The second-order valence-electron chi connectivity index (χ2n) is 8.40. The second-order valence-corrected chi connectivity index (χ2v) is 9.48. The summed E-state index contributed by atoms with van der Waals surface area (Å²) in [5.74, 6) is 2.27. The monoisotopic (exact) mass is 476 g/mol. The molecule has 0 bridgehead atoms. The fourth-order valence-electron chi connectivity index (χ4n) is 4.16. The van der Waals surface area contributed by atoms with E-state index in [4.69, 9.17) is 4.52 Å². The number of H-pyrrole nitrogens is 1. The number of nitrogens with zero attached hydrogens (tertiary/aromatic N) is 5. The Morgan fingerprint density at radius 1 is 0.912 bits per heavy atom. The van der Waals surface area contributed by atoms with Crippen molar-refractivity contribution in [1.82, 2.24) is 29.9 Å². The molecule has 0 aliphatic carbocycles. The molecule has 8 nitrogen and oxygen atoms in total. The van der Waals surface area contributed by atoms with E-state index in [1.807, 2.05) is 48.5 Å². The number of para-hydroxylation sites is 1. The summed E-state index contributed by atoms with van der Waals surface area (Å²) in [6.07, 6.45) is 1.81. The smallest absolute Gasteiger partial charge is 0.259 e. The molecular formula is C25H28N6O2S. The number of hydrogen-bond acceptors (Lipinski definition) is 8. The summed E-state index contributed by atoms with van der Waals surface area (Å²) in [4.78, 5) is 29.2. The predicted octanol–water partition coefficient (Wildman–Crippen LogP) is 3.32. The molecule has 0 unspecified atom stereocenters. The summed E-state index contributed by atoms with van der Waals surface area (Å²) in [7, 11) is 0. The quantitative estimate of drug-likeness (QED) is 0.291. The van der Waals surface area contributed by atoms with Gasteiger partial charge in [0, 0.05) is 50.5 Å². The second kappa shape index (κ2) is 10.9. The average molecular weight is 477 g/mol. The van der Waals surface area contributed by atoms with Gasteiger partial charge in [-0.1, -0.05) is 59.4 Å². The van der Waals surface area contributed by atoms with Crippen molar-refractivity contribution in [2.75, 3.05) is 45.0 Å². The van der Waals surface area contributed by atoms with Crippen LogP contribution in [0.5, 0.6) is 0 Å². The van der Waals surface area contributed by atoms with Gasteiger partial charge in [0.1, 0.15) is 0 Å². The van der Waals surface area contributed by atoms with Crippen LogP contribution >= 0.6 is 11.8 Å². The summed E-state index contributed by atoms with van der Waals surface area (Å²) in [6, 6.07) is 17.4. The maximum absolute atomic E-state index is 12.2. The van der Waals surface area contributed by atoms with Crippen LogP contribution in [0.3, 0.4) is 0 Å². The standard InChI is InChI=1S/C25H28N6O2S/c32-24-20-9-4-5-10-21(20)26-25(28-24)34-18-17-31-15-13-30(14-16-31)12-6-11-22-27-23(29-33-22)19-7-2-1-3-8-19/h1-5,7-10H,6,11-18H2,(H,26,28,32). The Balaban J connectivity index is 1.01. The van der Waals surface area contributed by atoms with Gasteiger partial charge >= 0.3 is 0 Å². The molecule has 1 aliphatic rings. The van der Waals surface area contributed by atoms with E-state index in [2.05, 4.69) is 29.9 Å². The number of aromatic nitrogens is 4. The van der Waals surface area contributed by atoms with Gasteiger partial charge in [0.05, 0.1) is 10.9 Å². The first-order chi connectivity index (χ1) is 16.7. The zero-order valence-electron chi connectivity index (χ0n) is 19.0. The highest BCUT2D eigenvalue weighted by Crippen LogP contribution is 2.17. The van der Waals surface area contributed by atoms with Gasteiger partial charge in [0.25, 0.3) is 5.56 Å². The maximum Gasteiger partial charge on any atom is 0.259 e. The summed E-state index contributed by atoms with van der Waals surface area (Å²) in [5, 5.41) is 5.43. The fraction of sp³-hybridized carbons (Fsp3) is 0.360. The summed E-state index contributed by atoms with van der Waals surface area (Å²) in [6.45, 7) is 6.26. The molecule has 1 aliphatic heterocycles. The van der Waals surface area contributed by atoms with Crippen LogP contribution in [0.25, 0.3) is 22.3 Å². The van der Waals surface area contributed by atoms with Crippen molar-refractivity contribution in [1.29, 1.82) is 0 Å². The molecule has 0 amide bonds. The van der Waals surface area contributed by atoms with Crippen molar-refractivity contribution in [2.45, 2.75) is 18.0 Å². The summed E-state index contributed by atoms with van der Waals surface area (Å²) in [5.41, 5.74) is 1.66. The van der Waals surface area contributed by atoms with Gasteiger partial charge in [-0.25, -0.2) is 4.98 Å². The Hall–Kier alpha value is -3.01. The molecule has 4 aromatic rings. The lowest BCUT2D eigenvalue weighted by Crippen LogP contribution is -2.47. The van der Waals surface area contributed by atoms with Crippen molar-refractivity contribution in [3.8, 4) is 11.4 Å². The molecule has 0 radical (unpaired) electrons. The highest BCUT2D eigenvalue weighted by Gasteiger charge is 2.17. The maximum atomic E-state index is 12.2. The zero-order valence-corrected chi connectivity index (χ0v) is 19.8. The molecule has 2 aromatic carbocycles. The minimum Gasteiger partial charge on any atom is -0.339 e. The van der Waals surface area contributed by atoms with Crippen molar-refractivity contribution in [3.63, 3.8) is 0 Å². The largest absolute Gasteiger partial charge is 0.339 e. The van der Waals surface area contributed by atoms with E-state index in [0.717, 1.165) is 68.9 Å². The van der Waals surface area contributed by atoms with E-state index in [1.165, 1.54) is 0 Å². The first kappa shape index (κ1) is 22.8. The number of nitrogens with one attached hydrogen (secondary N) is 1. The lowest BCUT2D eigenvalue weighted by molar-refractivity contribution is 0.136. The van der Waals surface area contributed by atoms with E-state index >= 15 is 0 Å². The van der Waals surface area contributed by atoms with Crippen molar-refractivity contribution in [3.05, 3.63) is 70.8 Å². The molecule has 0 spiro atoms. The number of aromatic amines is 1. The first-order valence-corrected chi connectivity index (χ1v) is 12.7. The SMILES string of the molecule is O=c1[nH]c(SCCN2CCN(CCCc3nc(-c4ccccc4)no3)CC2)nc2ccccc12. The minimum absolute atomic E-state index is 0.0708. The molecular weight excluding hydrogens is 448 g/mol. The van der Waals surface area contributed by atoms with E-state index < -0.39 is 0 Å². The number of thioether (sulfide) groups is 1. The molecule has 1 fully saturated rings. The van der Waals surface area contributed by atoms with E-state index in [1.54, 1.807) is 17.8 Å². The third-order valence-corrected chi connectivity index (χ3v) is 6.92. The molecule has 0 atom stereocenters. The topological polar surface area (TPSA) is 91.2 Å². The van der Waals surface area contributed by atoms with Crippen molar-refractivity contribution >= 4 is 22.7 Å². The molecule has 2 aromatic heterocycles. The molecule has 176 valence electrons. The molecule has 34 heavy (non-hydrogen) atoms. The molecule has 3 heterocycles. The van der Waals surface area contributed by atoms with Gasteiger partial charge in [-0.3, -0.25) is 9.69 Å². The Bertz CT molecular complexity index is 1270. The van der Waals surface area contributed by atoms with E-state index in [9.17, 15) is 4.79 Å². The summed E-state index contributed by atoms with van der Waals surface area (Å²) >= 11 is 1.61. The van der Waals surface area contributed by atoms with Crippen LogP contribution in [-0.4, -0.2) is 74.9 Å². The van der Waals surface area contributed by atoms with Gasteiger partial charge in [-0.05, 0) is 25.1 Å². The average Bonchev–Trinajstić information content (AvgIpc) is 3.35. The first-order valence-electron chi connectivity index (χ1n) is 11.7. The van der Waals surface area contributed by atoms with Gasteiger partial charge in [0.15, 0.2) is 5.16 Å². The number of hydrogen-bond donors (Lipinski definition) is 1. The van der Waals surface area contributed by atoms with Crippen LogP contribution in [-0.2, 0) is 6.42 Å². The van der Waals surface area contributed by atoms with Gasteiger partial charge in [-0.2, -0.15) is 4.98 Å². The lowest BCUT2D eigenvalue weighted by atomic mass is 10.2. The van der Waals surface area contributed by atoms with E-state index in [-0.39, 0.29) is 5.56 Å². The van der Waals surface area contributed by atoms with Crippen molar-refractivity contribution < 1.29 is 4.52 Å². The van der Waals surface area contributed by atoms with Gasteiger partial charge < -0.3 is 14.4 Å². The third-order valence-electron chi connectivity index (χ3n) is 6.07. The number of piperazine rings is 1. The predicted molar refractivity (Wildman–Crippen MR) is 134 cm³/mol. The third kappa shape index (κ3) is 5.72. The van der Waals surface area contributed by atoms with Crippen molar-refractivity contribution in [2.24, 2.45) is 0 Å². The van der Waals surface area contributed by atoms with Crippen LogP contribution in [0.1, 0.15) is 12.3 Å². The van der Waals surface area contributed by atoms with Crippen LogP contribution < -0.4 is 5.56 Å². The Morgan fingerprint density at radius 2 is 1.65 bits per heavy atom. The lowest BCUT2D eigenvalue weighted by Gasteiger charge is -2.34. The Morgan fingerprint density at radius 3 is 2.47 bits per heavy atom. The normalized spacial score (nSPS) is 15.2. The van der Waals surface area contributed by atoms with Crippen LogP contribution in [0.2, 0.25) is 0 Å². The minimum atomic E-state index is -0.0708. The molecule has 5 rings (SSSR count). The van der Waals surface area contributed by atoms with Gasteiger partial charge in [0.2, 0.25) is 11.7 Å². The highest BCUT2D eigenvalue weighted by atomic mass is 32.2. The molecule has 1 N–H and O–H groups in total. The number of benzene rings is 2. The zero-order chi connectivity index (χ0) is 23.2. The summed E-state index contributed by atoms with van der Waals surface area (Å²) < 4.78 is 5.42. The molecule has 9 heteroatoms. The van der Waals surface area contributed by atoms with Crippen LogP contribution in [0.15, 0.2) is 69.1 Å². The fourth-order valence-corrected chi connectivity index (χ4v) is 5.03. The van der Waals surface area contributed by atoms with Crippen LogP contribution in [0, 0.1) is 0 Å². The number of rotatable bonds is 9. The number of fused-ring (bicyclic) bond motifs is 1. The Kier molecular flexibility index (Phi) is 7.33. The molecule has 1 saturated heterocycles. The number of aryl methyl sites for hydroxylation is 1.